The van der Waals surface area contributed by atoms with Crippen LogP contribution < -0.4 is 10.8 Å². The number of amides is 2. The third-order valence-electron chi connectivity index (χ3n) is 2.24. The summed E-state index contributed by atoms with van der Waals surface area (Å²) in [4.78, 5) is 27.1. The second-order valence-corrected chi connectivity index (χ2v) is 3.54. The molecule has 2 rings (SSSR count). The van der Waals surface area contributed by atoms with Crippen molar-refractivity contribution in [1.82, 2.24) is 10.8 Å². The largest absolute Gasteiger partial charge is 0.445 e. The normalized spacial score (nSPS) is 18.6. The lowest BCUT2D eigenvalue weighted by atomic mass is 10.2. The molecule has 1 saturated heterocycles. The highest BCUT2D eigenvalue weighted by Gasteiger charge is 2.27. The third kappa shape index (κ3) is 3.18. The topological polar surface area (TPSA) is 76.7 Å². The molecule has 0 aliphatic carbocycles. The number of nitrogens with one attached hydrogen (secondary N) is 2. The summed E-state index contributed by atoms with van der Waals surface area (Å²) in [7, 11) is 0. The lowest BCUT2D eigenvalue weighted by Crippen LogP contribution is -2.41. The van der Waals surface area contributed by atoms with Crippen LogP contribution in [-0.4, -0.2) is 24.6 Å². The summed E-state index contributed by atoms with van der Waals surface area (Å²) < 4.78 is 4.95. The first-order valence-corrected chi connectivity index (χ1v) is 5.14. The van der Waals surface area contributed by atoms with Crippen LogP contribution in [0.1, 0.15) is 5.56 Å². The van der Waals surface area contributed by atoms with E-state index in [4.69, 9.17) is 4.74 Å². The number of carbonyl (C=O) groups excluding carboxylic acids is 2. The fourth-order valence-electron chi connectivity index (χ4n) is 1.36. The van der Waals surface area contributed by atoms with Gasteiger partial charge in [0.25, 0.3) is 5.91 Å². The predicted octanol–water partition coefficient (Wildman–Crippen LogP) is 0.343. The van der Waals surface area contributed by atoms with E-state index in [2.05, 4.69) is 15.6 Å². The van der Waals surface area contributed by atoms with E-state index < -0.39 is 12.1 Å². The molecule has 1 aliphatic heterocycles. The summed E-state index contributed by atoms with van der Waals surface area (Å²) in [6.07, 6.45) is -0.639. The molecule has 1 unspecified atom stereocenters. The zero-order valence-electron chi connectivity index (χ0n) is 9.01. The summed E-state index contributed by atoms with van der Waals surface area (Å²) in [6, 6.07) is 8.60. The van der Waals surface area contributed by atoms with Gasteiger partial charge in [0.15, 0.2) is 0 Å². The molecular weight excluding hydrogens is 224 g/mol. The summed E-state index contributed by atoms with van der Waals surface area (Å²) in [6.45, 7) is 0.279. The Balaban J connectivity index is 1.76. The highest BCUT2D eigenvalue weighted by atomic mass is 16.7. The van der Waals surface area contributed by atoms with Crippen LogP contribution >= 0.6 is 0 Å². The molecule has 1 atom stereocenters. The molecule has 0 spiro atoms. The molecule has 0 radical (unpaired) electrons. The highest BCUT2D eigenvalue weighted by molar-refractivity contribution is 5.86. The van der Waals surface area contributed by atoms with Gasteiger partial charge in [-0.3, -0.25) is 9.63 Å². The number of hydrogen-bond donors (Lipinski definition) is 2. The molecule has 6 heteroatoms. The first-order chi connectivity index (χ1) is 8.25. The lowest BCUT2D eigenvalue weighted by Gasteiger charge is -2.09. The minimum Gasteiger partial charge on any atom is -0.445 e. The molecule has 0 bridgehead atoms. The van der Waals surface area contributed by atoms with E-state index in [1.54, 1.807) is 0 Å². The highest BCUT2D eigenvalue weighted by Crippen LogP contribution is 2.01. The molecule has 0 saturated carbocycles. The quantitative estimate of drug-likeness (QED) is 0.793. The van der Waals surface area contributed by atoms with Gasteiger partial charge in [-0.15, -0.1) is 0 Å². The van der Waals surface area contributed by atoms with Gasteiger partial charge in [0.1, 0.15) is 19.3 Å². The van der Waals surface area contributed by atoms with E-state index >= 15 is 0 Å². The van der Waals surface area contributed by atoms with Gasteiger partial charge in [0.05, 0.1) is 0 Å². The van der Waals surface area contributed by atoms with Crippen molar-refractivity contribution in [3.05, 3.63) is 35.9 Å². The smallest absolute Gasteiger partial charge is 0.408 e. The number of rotatable bonds is 3. The van der Waals surface area contributed by atoms with Gasteiger partial charge in [-0.2, -0.15) is 0 Å². The first-order valence-electron chi connectivity index (χ1n) is 5.14. The zero-order chi connectivity index (χ0) is 12.1. The average Bonchev–Trinajstić information content (AvgIpc) is 2.74. The number of hydroxylamine groups is 1. The van der Waals surface area contributed by atoms with Crippen molar-refractivity contribution in [3.8, 4) is 0 Å². The van der Waals surface area contributed by atoms with Gasteiger partial charge in [0.2, 0.25) is 0 Å². The summed E-state index contributed by atoms with van der Waals surface area (Å²) in [5.41, 5.74) is 3.02. The maximum Gasteiger partial charge on any atom is 0.408 e. The van der Waals surface area contributed by atoms with Crippen LogP contribution in [0.2, 0.25) is 0 Å². The van der Waals surface area contributed by atoms with Crippen molar-refractivity contribution < 1.29 is 19.2 Å². The molecule has 1 aromatic carbocycles. The Bertz CT molecular complexity index is 407. The molecular formula is C11H12N2O4. The Kier molecular flexibility index (Phi) is 3.56. The number of hydrogen-bond acceptors (Lipinski definition) is 4. The molecule has 0 aromatic heterocycles. The minimum atomic E-state index is -0.682. The first kappa shape index (κ1) is 11.4. The minimum absolute atomic E-state index is 0.110. The lowest BCUT2D eigenvalue weighted by molar-refractivity contribution is -0.125. The van der Waals surface area contributed by atoms with Crippen LogP contribution in [0.25, 0.3) is 0 Å². The Morgan fingerprint density at radius 2 is 2.24 bits per heavy atom. The third-order valence-corrected chi connectivity index (χ3v) is 2.24. The predicted molar refractivity (Wildman–Crippen MR) is 57.6 cm³/mol. The molecule has 90 valence electrons. The molecule has 2 N–H and O–H groups in total. The summed E-state index contributed by atoms with van der Waals surface area (Å²) >= 11 is 0. The molecule has 1 aromatic rings. The van der Waals surface area contributed by atoms with Crippen LogP contribution in [0.5, 0.6) is 0 Å². The Hall–Kier alpha value is -2.08. The van der Waals surface area contributed by atoms with Crippen LogP contribution in [0.3, 0.4) is 0 Å². The zero-order valence-corrected chi connectivity index (χ0v) is 9.01. The monoisotopic (exact) mass is 236 g/mol. The molecule has 1 fully saturated rings. The van der Waals surface area contributed by atoms with Gasteiger partial charge < -0.3 is 10.1 Å². The van der Waals surface area contributed by atoms with Crippen molar-refractivity contribution in [3.63, 3.8) is 0 Å². The van der Waals surface area contributed by atoms with Gasteiger partial charge in [-0.05, 0) is 5.56 Å². The fraction of sp³-hybridized carbons (Fsp3) is 0.273. The molecule has 2 amide bonds. The van der Waals surface area contributed by atoms with Crippen molar-refractivity contribution >= 4 is 12.0 Å². The van der Waals surface area contributed by atoms with E-state index in [0.29, 0.717) is 0 Å². The standard InChI is InChI=1S/C11H12N2O4/c14-10-9(7-17-13-10)12-11(15)16-6-8-4-2-1-3-5-8/h1-5,9H,6-7H2,(H,12,15)(H,13,14). The van der Waals surface area contributed by atoms with Gasteiger partial charge >= 0.3 is 6.09 Å². The second kappa shape index (κ2) is 5.31. The fourth-order valence-corrected chi connectivity index (χ4v) is 1.36. The van der Waals surface area contributed by atoms with E-state index in [0.717, 1.165) is 5.56 Å². The summed E-state index contributed by atoms with van der Waals surface area (Å²) in [5.74, 6) is -0.373. The van der Waals surface area contributed by atoms with E-state index in [1.807, 2.05) is 30.3 Å². The molecule has 1 heterocycles. The number of ether oxygens (including phenoxy) is 1. The van der Waals surface area contributed by atoms with Gasteiger partial charge in [0, 0.05) is 0 Å². The number of benzene rings is 1. The molecule has 1 aliphatic rings. The van der Waals surface area contributed by atoms with Crippen molar-refractivity contribution in [2.75, 3.05) is 6.61 Å². The van der Waals surface area contributed by atoms with Crippen molar-refractivity contribution in [2.24, 2.45) is 0 Å². The maximum atomic E-state index is 11.3. The van der Waals surface area contributed by atoms with E-state index in [-0.39, 0.29) is 19.1 Å². The van der Waals surface area contributed by atoms with E-state index in [1.165, 1.54) is 0 Å². The van der Waals surface area contributed by atoms with Gasteiger partial charge in [-0.25, -0.2) is 10.3 Å². The molecule has 17 heavy (non-hydrogen) atoms. The summed E-state index contributed by atoms with van der Waals surface area (Å²) in [5, 5.41) is 2.40. The Labute approximate surface area is 97.9 Å². The number of carbonyl (C=O) groups is 2. The maximum absolute atomic E-state index is 11.3. The van der Waals surface area contributed by atoms with Crippen LogP contribution in [0.15, 0.2) is 30.3 Å². The average molecular weight is 236 g/mol. The Morgan fingerprint density at radius 1 is 1.47 bits per heavy atom. The van der Waals surface area contributed by atoms with Crippen molar-refractivity contribution in [1.29, 1.82) is 0 Å². The number of alkyl carbamates (subject to hydrolysis) is 1. The van der Waals surface area contributed by atoms with Crippen LogP contribution in [0.4, 0.5) is 4.79 Å². The molecule has 6 nitrogen and oxygen atoms in total. The van der Waals surface area contributed by atoms with E-state index in [9.17, 15) is 9.59 Å². The van der Waals surface area contributed by atoms with Crippen LogP contribution in [-0.2, 0) is 21.0 Å². The van der Waals surface area contributed by atoms with Crippen molar-refractivity contribution in [2.45, 2.75) is 12.6 Å². The Morgan fingerprint density at radius 3 is 2.88 bits per heavy atom. The van der Waals surface area contributed by atoms with Gasteiger partial charge in [-0.1, -0.05) is 30.3 Å². The second-order valence-electron chi connectivity index (χ2n) is 3.54. The van der Waals surface area contributed by atoms with Crippen LogP contribution in [0, 0.1) is 0 Å². The SMILES string of the molecule is O=C(NC1CONC1=O)OCc1ccccc1.